The van der Waals surface area contributed by atoms with Gasteiger partial charge in [-0.1, -0.05) is 24.3 Å². The number of aliphatic hydroxyl groups is 1. The molecule has 0 radical (unpaired) electrons. The monoisotopic (exact) mass is 260 g/mol. The lowest BCUT2D eigenvalue weighted by Crippen LogP contribution is -2.49. The molecule has 0 saturated heterocycles. The number of carbonyl (C=O) groups is 1. The molecular weight excluding hydrogens is 240 g/mol. The molecule has 1 aliphatic carbocycles. The Bertz CT molecular complexity index is 483. The summed E-state index contributed by atoms with van der Waals surface area (Å²) in [5, 5.41) is 15.5. The Morgan fingerprint density at radius 1 is 1.37 bits per heavy atom. The molecule has 0 unspecified atom stereocenters. The molecule has 1 heterocycles. The van der Waals surface area contributed by atoms with Gasteiger partial charge in [-0.25, -0.2) is 0 Å². The largest absolute Gasteiger partial charge is 0.396 e. The summed E-state index contributed by atoms with van der Waals surface area (Å²) >= 11 is 0. The highest BCUT2D eigenvalue weighted by Gasteiger charge is 2.42. The maximum atomic E-state index is 12.1. The summed E-state index contributed by atoms with van der Waals surface area (Å²) < 4.78 is 0. The van der Waals surface area contributed by atoms with Crippen LogP contribution in [-0.2, 0) is 17.8 Å². The zero-order valence-corrected chi connectivity index (χ0v) is 11.0. The van der Waals surface area contributed by atoms with Crippen molar-refractivity contribution in [3.8, 4) is 0 Å². The minimum atomic E-state index is -0.149. The third-order valence-corrected chi connectivity index (χ3v) is 4.33. The Hall–Kier alpha value is -1.39. The van der Waals surface area contributed by atoms with Crippen LogP contribution in [0.5, 0.6) is 0 Å². The summed E-state index contributed by atoms with van der Waals surface area (Å²) in [6.45, 7) is 1.52. The molecule has 1 aliphatic heterocycles. The average molecular weight is 260 g/mol. The fourth-order valence-corrected chi connectivity index (χ4v) is 2.61. The number of carbonyl (C=O) groups excluding carboxylic acids is 1. The summed E-state index contributed by atoms with van der Waals surface area (Å²) in [5.74, 6) is 0.0502. The first-order valence-electron chi connectivity index (χ1n) is 6.91. The van der Waals surface area contributed by atoms with E-state index in [1.165, 1.54) is 11.1 Å². The molecule has 1 amide bonds. The van der Waals surface area contributed by atoms with Crippen molar-refractivity contribution in [3.05, 3.63) is 35.4 Å². The third kappa shape index (κ3) is 2.65. The van der Waals surface area contributed by atoms with Gasteiger partial charge in [0.2, 0.25) is 5.91 Å². The molecule has 1 fully saturated rings. The van der Waals surface area contributed by atoms with Crippen LogP contribution >= 0.6 is 0 Å². The summed E-state index contributed by atoms with van der Waals surface area (Å²) in [4.78, 5) is 12.1. The van der Waals surface area contributed by atoms with Gasteiger partial charge in [0.15, 0.2) is 0 Å². The minimum absolute atomic E-state index is 0.0256. The standard InChI is InChI=1S/C15H20N2O2/c18-10-15(5-6-15)9-17-14(19)13-7-11-3-1-2-4-12(11)8-16-13/h1-4,13,16,18H,5-10H2,(H,17,19)/t13-/m1/s1. The number of fused-ring (bicyclic) bond motifs is 1. The van der Waals surface area contributed by atoms with Gasteiger partial charge in [0, 0.05) is 18.5 Å². The topological polar surface area (TPSA) is 61.4 Å². The van der Waals surface area contributed by atoms with Crippen LogP contribution < -0.4 is 10.6 Å². The van der Waals surface area contributed by atoms with Gasteiger partial charge in [-0.05, 0) is 30.4 Å². The first kappa shape index (κ1) is 12.6. The summed E-state index contributed by atoms with van der Waals surface area (Å²) in [5.41, 5.74) is 2.51. The third-order valence-electron chi connectivity index (χ3n) is 4.33. The summed E-state index contributed by atoms with van der Waals surface area (Å²) in [7, 11) is 0. The van der Waals surface area contributed by atoms with Gasteiger partial charge in [0.05, 0.1) is 12.6 Å². The van der Waals surface area contributed by atoms with Crippen molar-refractivity contribution in [3.63, 3.8) is 0 Å². The van der Waals surface area contributed by atoms with Crippen LogP contribution in [0.2, 0.25) is 0 Å². The summed E-state index contributed by atoms with van der Waals surface area (Å²) in [6.07, 6.45) is 2.78. The Balaban J connectivity index is 1.57. The zero-order valence-electron chi connectivity index (χ0n) is 11.0. The van der Waals surface area contributed by atoms with E-state index in [4.69, 9.17) is 0 Å². The van der Waals surface area contributed by atoms with Crippen molar-refractivity contribution in [1.29, 1.82) is 0 Å². The first-order valence-corrected chi connectivity index (χ1v) is 6.91. The van der Waals surface area contributed by atoms with Crippen molar-refractivity contribution < 1.29 is 9.90 Å². The molecule has 19 heavy (non-hydrogen) atoms. The second kappa shape index (κ2) is 4.94. The zero-order chi connectivity index (χ0) is 13.3. The molecular formula is C15H20N2O2. The maximum Gasteiger partial charge on any atom is 0.237 e. The van der Waals surface area contributed by atoms with Crippen LogP contribution in [0, 0.1) is 5.41 Å². The molecule has 1 aromatic carbocycles. The number of amides is 1. The van der Waals surface area contributed by atoms with Crippen molar-refractivity contribution >= 4 is 5.91 Å². The number of benzene rings is 1. The number of hydrogen-bond donors (Lipinski definition) is 3. The van der Waals surface area contributed by atoms with Crippen LogP contribution in [0.3, 0.4) is 0 Å². The van der Waals surface area contributed by atoms with Crippen LogP contribution in [0.15, 0.2) is 24.3 Å². The SMILES string of the molecule is O=C(NCC1(CO)CC1)[C@H]1Cc2ccccc2CN1. The van der Waals surface area contributed by atoms with E-state index in [2.05, 4.69) is 22.8 Å². The van der Waals surface area contributed by atoms with Crippen molar-refractivity contribution in [1.82, 2.24) is 10.6 Å². The predicted molar refractivity (Wildman–Crippen MR) is 72.5 cm³/mol. The molecule has 3 rings (SSSR count). The molecule has 0 spiro atoms. The molecule has 2 aliphatic rings. The van der Waals surface area contributed by atoms with Crippen LogP contribution in [0.4, 0.5) is 0 Å². The minimum Gasteiger partial charge on any atom is -0.396 e. The maximum absolute atomic E-state index is 12.1. The van der Waals surface area contributed by atoms with E-state index in [0.717, 1.165) is 25.8 Å². The Morgan fingerprint density at radius 2 is 2.11 bits per heavy atom. The smallest absolute Gasteiger partial charge is 0.237 e. The molecule has 4 heteroatoms. The fraction of sp³-hybridized carbons (Fsp3) is 0.533. The van der Waals surface area contributed by atoms with Gasteiger partial charge in [-0.15, -0.1) is 0 Å². The highest BCUT2D eigenvalue weighted by molar-refractivity contribution is 5.82. The van der Waals surface area contributed by atoms with E-state index in [-0.39, 0.29) is 24.0 Å². The van der Waals surface area contributed by atoms with Gasteiger partial charge in [-0.3, -0.25) is 4.79 Å². The summed E-state index contributed by atoms with van der Waals surface area (Å²) in [6, 6.07) is 8.08. The molecule has 102 valence electrons. The van der Waals surface area contributed by atoms with E-state index < -0.39 is 0 Å². The van der Waals surface area contributed by atoms with Gasteiger partial charge in [-0.2, -0.15) is 0 Å². The molecule has 1 saturated carbocycles. The molecule has 0 aromatic heterocycles. The molecule has 1 atom stereocenters. The lowest BCUT2D eigenvalue weighted by molar-refractivity contribution is -0.123. The molecule has 3 N–H and O–H groups in total. The lowest BCUT2D eigenvalue weighted by Gasteiger charge is -2.26. The van der Waals surface area contributed by atoms with E-state index >= 15 is 0 Å². The van der Waals surface area contributed by atoms with Gasteiger partial charge in [0.1, 0.15) is 0 Å². The Morgan fingerprint density at radius 3 is 2.79 bits per heavy atom. The Kier molecular flexibility index (Phi) is 3.29. The van der Waals surface area contributed by atoms with E-state index in [9.17, 15) is 9.90 Å². The Labute approximate surface area is 113 Å². The second-order valence-electron chi connectivity index (χ2n) is 5.78. The fourth-order valence-electron chi connectivity index (χ4n) is 2.61. The van der Waals surface area contributed by atoms with Gasteiger partial charge >= 0.3 is 0 Å². The van der Waals surface area contributed by atoms with E-state index in [0.29, 0.717) is 6.54 Å². The molecule has 1 aromatic rings. The van der Waals surface area contributed by atoms with E-state index in [1.807, 2.05) is 12.1 Å². The normalized spacial score (nSPS) is 23.5. The van der Waals surface area contributed by atoms with Crippen molar-refractivity contribution in [2.24, 2.45) is 5.41 Å². The van der Waals surface area contributed by atoms with Gasteiger partial charge in [0.25, 0.3) is 0 Å². The van der Waals surface area contributed by atoms with Crippen LogP contribution in [0.1, 0.15) is 24.0 Å². The average Bonchev–Trinajstić information content (AvgIpc) is 3.25. The molecule has 4 nitrogen and oxygen atoms in total. The van der Waals surface area contributed by atoms with Gasteiger partial charge < -0.3 is 15.7 Å². The van der Waals surface area contributed by atoms with Crippen LogP contribution in [-0.4, -0.2) is 30.2 Å². The second-order valence-corrected chi connectivity index (χ2v) is 5.78. The van der Waals surface area contributed by atoms with Crippen molar-refractivity contribution in [2.45, 2.75) is 31.8 Å². The number of rotatable bonds is 4. The molecule has 0 bridgehead atoms. The number of hydrogen-bond acceptors (Lipinski definition) is 3. The van der Waals surface area contributed by atoms with Crippen LogP contribution in [0.25, 0.3) is 0 Å². The predicted octanol–water partition coefficient (Wildman–Crippen LogP) is 0.590. The number of aliphatic hydroxyl groups excluding tert-OH is 1. The quantitative estimate of drug-likeness (QED) is 0.742. The number of nitrogens with one attached hydrogen (secondary N) is 2. The lowest BCUT2D eigenvalue weighted by atomic mass is 9.95. The van der Waals surface area contributed by atoms with Crippen molar-refractivity contribution in [2.75, 3.05) is 13.2 Å². The first-order chi connectivity index (χ1) is 9.22. The highest BCUT2D eigenvalue weighted by atomic mass is 16.3. The van der Waals surface area contributed by atoms with E-state index in [1.54, 1.807) is 0 Å². The highest BCUT2D eigenvalue weighted by Crippen LogP contribution is 2.44.